The van der Waals surface area contributed by atoms with Crippen LogP contribution in [0.4, 0.5) is 5.69 Å². The van der Waals surface area contributed by atoms with Gasteiger partial charge in [-0.25, -0.2) is 0 Å². The molecule has 1 aromatic carbocycles. The molecule has 4 heteroatoms. The molecule has 0 aliphatic carbocycles. The van der Waals surface area contributed by atoms with E-state index in [2.05, 4.69) is 17.6 Å². The van der Waals surface area contributed by atoms with Crippen molar-refractivity contribution in [2.75, 3.05) is 25.0 Å². The molecular formula is C13H20N2O2. The molecule has 0 bridgehead atoms. The highest BCUT2D eigenvalue weighted by Gasteiger charge is 2.01. The van der Waals surface area contributed by atoms with Crippen LogP contribution in [-0.4, -0.2) is 25.6 Å². The molecule has 0 aromatic heterocycles. The minimum Gasteiger partial charge on any atom is -0.494 e. The maximum Gasteiger partial charge on any atom is 0.238 e. The Bertz CT molecular complexity index is 336. The van der Waals surface area contributed by atoms with Crippen LogP contribution in [0.2, 0.25) is 0 Å². The van der Waals surface area contributed by atoms with Crippen molar-refractivity contribution in [3.8, 4) is 5.75 Å². The van der Waals surface area contributed by atoms with Crippen LogP contribution in [-0.2, 0) is 4.79 Å². The lowest BCUT2D eigenvalue weighted by molar-refractivity contribution is -0.115. The number of hydrogen-bond acceptors (Lipinski definition) is 3. The maximum absolute atomic E-state index is 11.4. The molecule has 0 saturated heterocycles. The minimum atomic E-state index is -0.0333. The van der Waals surface area contributed by atoms with Crippen molar-refractivity contribution in [2.24, 2.45) is 0 Å². The van der Waals surface area contributed by atoms with Crippen LogP contribution in [0.15, 0.2) is 24.3 Å². The first-order valence-electron chi connectivity index (χ1n) is 5.99. The first-order chi connectivity index (χ1) is 8.26. The van der Waals surface area contributed by atoms with Crippen LogP contribution < -0.4 is 15.4 Å². The lowest BCUT2D eigenvalue weighted by Gasteiger charge is -2.07. The van der Waals surface area contributed by atoms with E-state index in [9.17, 15) is 4.79 Å². The van der Waals surface area contributed by atoms with Crippen molar-refractivity contribution < 1.29 is 9.53 Å². The van der Waals surface area contributed by atoms with E-state index < -0.39 is 0 Å². The molecule has 4 nitrogen and oxygen atoms in total. The third-order valence-corrected chi connectivity index (χ3v) is 2.15. The summed E-state index contributed by atoms with van der Waals surface area (Å²) in [5.74, 6) is 0.797. The second-order valence-electron chi connectivity index (χ2n) is 3.70. The predicted molar refractivity (Wildman–Crippen MR) is 69.4 cm³/mol. The first-order valence-corrected chi connectivity index (χ1v) is 5.99. The Morgan fingerprint density at radius 2 is 1.94 bits per heavy atom. The van der Waals surface area contributed by atoms with Crippen LogP contribution in [0.25, 0.3) is 0 Å². The highest BCUT2D eigenvalue weighted by atomic mass is 16.5. The summed E-state index contributed by atoms with van der Waals surface area (Å²) in [5, 5.41) is 5.77. The van der Waals surface area contributed by atoms with Gasteiger partial charge in [0.25, 0.3) is 0 Å². The molecule has 2 N–H and O–H groups in total. The van der Waals surface area contributed by atoms with E-state index >= 15 is 0 Å². The van der Waals surface area contributed by atoms with Gasteiger partial charge in [0.15, 0.2) is 0 Å². The monoisotopic (exact) mass is 236 g/mol. The van der Waals surface area contributed by atoms with Crippen LogP contribution in [0.5, 0.6) is 5.75 Å². The number of rotatable bonds is 7. The smallest absolute Gasteiger partial charge is 0.238 e. The minimum absolute atomic E-state index is 0.0333. The molecule has 1 aromatic rings. The highest BCUT2D eigenvalue weighted by molar-refractivity contribution is 5.92. The van der Waals surface area contributed by atoms with E-state index in [0.717, 1.165) is 24.4 Å². The molecule has 1 amide bonds. The number of likely N-dealkylation sites (N-methyl/N-ethyl adjacent to an activating group) is 1. The van der Waals surface area contributed by atoms with Crippen LogP contribution in [0, 0.1) is 0 Å². The Balaban J connectivity index is 2.42. The molecule has 0 saturated carbocycles. The number of carbonyl (C=O) groups is 1. The Hall–Kier alpha value is -1.55. The average Bonchev–Trinajstić information content (AvgIpc) is 2.35. The van der Waals surface area contributed by atoms with E-state index in [1.807, 2.05) is 31.2 Å². The zero-order chi connectivity index (χ0) is 12.5. The second kappa shape index (κ2) is 7.68. The Labute approximate surface area is 102 Å². The summed E-state index contributed by atoms with van der Waals surface area (Å²) in [6, 6.07) is 7.40. The summed E-state index contributed by atoms with van der Waals surface area (Å²) in [5.41, 5.74) is 0.789. The van der Waals surface area contributed by atoms with Crippen molar-refractivity contribution >= 4 is 11.6 Å². The number of benzene rings is 1. The predicted octanol–water partition coefficient (Wildman–Crippen LogP) is 2.02. The van der Waals surface area contributed by atoms with Gasteiger partial charge in [-0.3, -0.25) is 4.79 Å². The van der Waals surface area contributed by atoms with Crippen molar-refractivity contribution in [3.05, 3.63) is 24.3 Å². The van der Waals surface area contributed by atoms with Gasteiger partial charge < -0.3 is 15.4 Å². The average molecular weight is 236 g/mol. The zero-order valence-corrected chi connectivity index (χ0v) is 10.5. The highest BCUT2D eigenvalue weighted by Crippen LogP contribution is 2.15. The third-order valence-electron chi connectivity index (χ3n) is 2.15. The van der Waals surface area contributed by atoms with Crippen molar-refractivity contribution in [1.82, 2.24) is 5.32 Å². The molecule has 0 spiro atoms. The number of carbonyl (C=O) groups excluding carboxylic acids is 1. The van der Waals surface area contributed by atoms with Gasteiger partial charge in [0, 0.05) is 5.69 Å². The summed E-state index contributed by atoms with van der Waals surface area (Å²) in [6.07, 6.45) is 0.987. The molecule has 94 valence electrons. The molecule has 0 unspecified atom stereocenters. The third kappa shape index (κ3) is 5.36. The van der Waals surface area contributed by atoms with Crippen molar-refractivity contribution in [2.45, 2.75) is 20.3 Å². The van der Waals surface area contributed by atoms with Gasteiger partial charge in [-0.2, -0.15) is 0 Å². The molecular weight excluding hydrogens is 216 g/mol. The van der Waals surface area contributed by atoms with E-state index in [1.165, 1.54) is 0 Å². The molecule has 0 atom stereocenters. The number of hydrogen-bond donors (Lipinski definition) is 2. The van der Waals surface area contributed by atoms with Gasteiger partial charge in [0.1, 0.15) is 5.75 Å². The fourth-order valence-corrected chi connectivity index (χ4v) is 1.30. The maximum atomic E-state index is 11.4. The fourth-order valence-electron chi connectivity index (χ4n) is 1.30. The van der Waals surface area contributed by atoms with Gasteiger partial charge in [-0.05, 0) is 37.2 Å². The summed E-state index contributed by atoms with van der Waals surface area (Å²) in [7, 11) is 0. The van der Waals surface area contributed by atoms with Crippen LogP contribution in [0.3, 0.4) is 0 Å². The summed E-state index contributed by atoms with van der Waals surface area (Å²) in [4.78, 5) is 11.4. The zero-order valence-electron chi connectivity index (χ0n) is 10.5. The van der Waals surface area contributed by atoms with E-state index in [4.69, 9.17) is 4.74 Å². The SMILES string of the molecule is CCCOc1ccc(NC(=O)CNCC)cc1. The normalized spacial score (nSPS) is 10.0. The van der Waals surface area contributed by atoms with Crippen LogP contribution in [0.1, 0.15) is 20.3 Å². The molecule has 0 heterocycles. The summed E-state index contributed by atoms with van der Waals surface area (Å²) >= 11 is 0. The van der Waals surface area contributed by atoms with Gasteiger partial charge in [0.05, 0.1) is 13.2 Å². The molecule has 0 aliphatic heterocycles. The number of anilines is 1. The largest absolute Gasteiger partial charge is 0.494 e. The number of amides is 1. The first kappa shape index (κ1) is 13.5. The second-order valence-corrected chi connectivity index (χ2v) is 3.70. The lowest BCUT2D eigenvalue weighted by atomic mass is 10.3. The van der Waals surface area contributed by atoms with Crippen molar-refractivity contribution in [3.63, 3.8) is 0 Å². The molecule has 0 aliphatic rings. The standard InChI is InChI=1S/C13H20N2O2/c1-3-9-17-12-7-5-11(6-8-12)15-13(16)10-14-4-2/h5-8,14H,3-4,9-10H2,1-2H3,(H,15,16). The quantitative estimate of drug-likeness (QED) is 0.761. The van der Waals surface area contributed by atoms with Crippen molar-refractivity contribution in [1.29, 1.82) is 0 Å². The van der Waals surface area contributed by atoms with Gasteiger partial charge in [-0.1, -0.05) is 13.8 Å². The van der Waals surface area contributed by atoms with Crippen LogP contribution >= 0.6 is 0 Å². The number of ether oxygens (including phenoxy) is 1. The fraction of sp³-hybridized carbons (Fsp3) is 0.462. The molecule has 1 rings (SSSR count). The topological polar surface area (TPSA) is 50.4 Å². The molecule has 0 fully saturated rings. The lowest BCUT2D eigenvalue weighted by Crippen LogP contribution is -2.27. The van der Waals surface area contributed by atoms with Gasteiger partial charge in [0.2, 0.25) is 5.91 Å². The summed E-state index contributed by atoms with van der Waals surface area (Å²) in [6.45, 7) is 5.87. The van der Waals surface area contributed by atoms with Gasteiger partial charge >= 0.3 is 0 Å². The number of nitrogens with one attached hydrogen (secondary N) is 2. The Kier molecular flexibility index (Phi) is 6.10. The molecule has 0 radical (unpaired) electrons. The summed E-state index contributed by atoms with van der Waals surface area (Å²) < 4.78 is 5.45. The van der Waals surface area contributed by atoms with Gasteiger partial charge in [-0.15, -0.1) is 0 Å². The van der Waals surface area contributed by atoms with E-state index in [0.29, 0.717) is 13.2 Å². The Morgan fingerprint density at radius 3 is 2.53 bits per heavy atom. The van der Waals surface area contributed by atoms with E-state index in [-0.39, 0.29) is 5.91 Å². The molecule has 17 heavy (non-hydrogen) atoms. The van der Waals surface area contributed by atoms with E-state index in [1.54, 1.807) is 0 Å². The Morgan fingerprint density at radius 1 is 1.24 bits per heavy atom.